The maximum absolute atomic E-state index is 13.0. The van der Waals surface area contributed by atoms with Crippen LogP contribution in [0.5, 0.6) is 0 Å². The summed E-state index contributed by atoms with van der Waals surface area (Å²) in [5.41, 5.74) is 5.98. The van der Waals surface area contributed by atoms with Crippen LogP contribution in [-0.2, 0) is 14.4 Å². The zero-order chi connectivity index (χ0) is 31.2. The molecule has 0 saturated heterocycles. The molecule has 0 aliphatic carbocycles. The number of allylic oxidation sites excluding steroid dienone is 4. The summed E-state index contributed by atoms with van der Waals surface area (Å²) in [4.78, 5) is 38.9. The second-order valence-corrected chi connectivity index (χ2v) is 10.0. The van der Waals surface area contributed by atoms with Crippen molar-refractivity contribution in [3.8, 4) is 0 Å². The molecule has 0 aliphatic heterocycles. The van der Waals surface area contributed by atoms with Gasteiger partial charge in [0.05, 0.1) is 5.57 Å². The summed E-state index contributed by atoms with van der Waals surface area (Å²) in [6.07, 6.45) is 2.70. The SMILES string of the molecule is C=C/C(=C(\C(=O)N(C)CCC)c1ccccc1)c1ccccc1.CC(=O)/C(=C(\C(C)=O)c1ccccc1)c1ccccc1. The van der Waals surface area contributed by atoms with Gasteiger partial charge in [-0.15, -0.1) is 0 Å². The zero-order valence-electron chi connectivity index (χ0n) is 25.4. The first-order valence-electron chi connectivity index (χ1n) is 14.4. The largest absolute Gasteiger partial charge is 0.342 e. The van der Waals surface area contributed by atoms with E-state index in [1.54, 1.807) is 11.0 Å². The van der Waals surface area contributed by atoms with Crippen molar-refractivity contribution < 1.29 is 14.4 Å². The van der Waals surface area contributed by atoms with E-state index < -0.39 is 0 Å². The summed E-state index contributed by atoms with van der Waals surface area (Å²) in [6.45, 7) is 9.73. The Morgan fingerprint density at radius 3 is 1.21 bits per heavy atom. The van der Waals surface area contributed by atoms with E-state index in [-0.39, 0.29) is 17.5 Å². The number of Topliss-reactive ketones (excluding diaryl/α,β-unsaturated/α-hetero) is 2. The van der Waals surface area contributed by atoms with E-state index in [9.17, 15) is 14.4 Å². The van der Waals surface area contributed by atoms with Gasteiger partial charge in [-0.25, -0.2) is 0 Å². The Morgan fingerprint density at radius 2 is 0.907 bits per heavy atom. The highest BCUT2D eigenvalue weighted by Crippen LogP contribution is 2.29. The first-order valence-corrected chi connectivity index (χ1v) is 14.4. The van der Waals surface area contributed by atoms with Crippen molar-refractivity contribution in [2.75, 3.05) is 13.6 Å². The average molecular weight is 570 g/mol. The minimum atomic E-state index is -0.106. The number of benzene rings is 4. The van der Waals surface area contributed by atoms with E-state index in [1.165, 1.54) is 13.8 Å². The quantitative estimate of drug-likeness (QED) is 0.109. The lowest BCUT2D eigenvalue weighted by molar-refractivity contribution is -0.123. The molecule has 0 spiro atoms. The lowest BCUT2D eigenvalue weighted by Crippen LogP contribution is -2.28. The number of nitrogens with zero attached hydrogens (tertiary/aromatic N) is 1. The standard InChI is InChI=1S/C21H23NO.C18H16O2/c1-4-16-22(3)21(23)20(18-14-10-7-11-15-18)19(5-2)17-12-8-6-9-13-17;1-13(19)17(15-9-5-3-6-10-15)18(14(2)20)16-11-7-4-8-12-16/h5-15H,2,4,16H2,1,3H3;3-12H,1-2H3/b20-19+;18-17-. The smallest absolute Gasteiger partial charge is 0.254 e. The maximum atomic E-state index is 13.0. The molecule has 4 aromatic carbocycles. The van der Waals surface area contributed by atoms with Crippen LogP contribution < -0.4 is 0 Å². The van der Waals surface area contributed by atoms with Crippen molar-refractivity contribution in [3.63, 3.8) is 0 Å². The van der Waals surface area contributed by atoms with Crippen LogP contribution in [0.15, 0.2) is 134 Å². The van der Waals surface area contributed by atoms with Gasteiger partial charge in [0.2, 0.25) is 0 Å². The van der Waals surface area contributed by atoms with Gasteiger partial charge < -0.3 is 4.90 Å². The van der Waals surface area contributed by atoms with Gasteiger partial charge in [-0.1, -0.05) is 141 Å². The van der Waals surface area contributed by atoms with Crippen molar-refractivity contribution >= 4 is 39.8 Å². The molecule has 4 heteroatoms. The number of amides is 1. The predicted octanol–water partition coefficient (Wildman–Crippen LogP) is 8.43. The molecule has 0 aromatic heterocycles. The summed E-state index contributed by atoms with van der Waals surface area (Å²) in [6, 6.07) is 38.4. The average Bonchev–Trinajstić information content (AvgIpc) is 3.03. The first-order chi connectivity index (χ1) is 20.8. The third-order valence-electron chi connectivity index (χ3n) is 6.82. The van der Waals surface area contributed by atoms with Gasteiger partial charge in [0, 0.05) is 24.7 Å². The number of likely N-dealkylation sites (N-methyl/N-ethyl adjacent to an activating group) is 1. The lowest BCUT2D eigenvalue weighted by Gasteiger charge is -2.21. The zero-order valence-corrected chi connectivity index (χ0v) is 25.4. The molecule has 0 atom stereocenters. The van der Waals surface area contributed by atoms with Gasteiger partial charge >= 0.3 is 0 Å². The fourth-order valence-electron chi connectivity index (χ4n) is 4.87. The van der Waals surface area contributed by atoms with Crippen molar-refractivity contribution in [2.24, 2.45) is 0 Å². The highest BCUT2D eigenvalue weighted by molar-refractivity contribution is 6.39. The second-order valence-electron chi connectivity index (χ2n) is 10.0. The highest BCUT2D eigenvalue weighted by Gasteiger charge is 2.21. The first kappa shape index (κ1) is 32.4. The molecule has 0 heterocycles. The van der Waals surface area contributed by atoms with E-state index in [0.717, 1.165) is 40.8 Å². The van der Waals surface area contributed by atoms with Crippen LogP contribution in [0, 0.1) is 0 Å². The number of ketones is 2. The molecule has 0 saturated carbocycles. The molecule has 0 N–H and O–H groups in total. The number of hydrogen-bond acceptors (Lipinski definition) is 3. The molecule has 0 bridgehead atoms. The molecule has 43 heavy (non-hydrogen) atoms. The van der Waals surface area contributed by atoms with Gasteiger partial charge in [-0.2, -0.15) is 0 Å². The number of carbonyl (C=O) groups is 3. The fraction of sp³-hybridized carbons (Fsp3) is 0.154. The van der Waals surface area contributed by atoms with Crippen molar-refractivity contribution in [2.45, 2.75) is 27.2 Å². The molecule has 0 aliphatic rings. The second kappa shape index (κ2) is 16.4. The summed E-state index contributed by atoms with van der Waals surface area (Å²) in [5.74, 6) is -0.188. The molecular formula is C39H39NO3. The summed E-state index contributed by atoms with van der Waals surface area (Å²) in [5, 5.41) is 0. The summed E-state index contributed by atoms with van der Waals surface area (Å²) < 4.78 is 0. The topological polar surface area (TPSA) is 54.5 Å². The molecule has 218 valence electrons. The van der Waals surface area contributed by atoms with E-state index in [0.29, 0.717) is 16.7 Å². The van der Waals surface area contributed by atoms with E-state index in [1.807, 2.05) is 128 Å². The predicted molar refractivity (Wildman–Crippen MR) is 179 cm³/mol. The minimum absolute atomic E-state index is 0.0248. The van der Waals surface area contributed by atoms with Crippen molar-refractivity contribution in [1.29, 1.82) is 0 Å². The van der Waals surface area contributed by atoms with Gasteiger partial charge in [0.25, 0.3) is 5.91 Å². The molecule has 4 aromatic rings. The van der Waals surface area contributed by atoms with Crippen LogP contribution in [0.1, 0.15) is 49.4 Å². The number of rotatable bonds is 10. The van der Waals surface area contributed by atoms with Crippen LogP contribution in [0.25, 0.3) is 22.3 Å². The van der Waals surface area contributed by atoms with Crippen LogP contribution in [-0.4, -0.2) is 36.0 Å². The fourth-order valence-corrected chi connectivity index (χ4v) is 4.87. The number of hydrogen-bond donors (Lipinski definition) is 0. The molecule has 0 unspecified atom stereocenters. The van der Waals surface area contributed by atoms with E-state index in [4.69, 9.17) is 0 Å². The lowest BCUT2D eigenvalue weighted by atomic mass is 9.90. The summed E-state index contributed by atoms with van der Waals surface area (Å²) in [7, 11) is 1.85. The normalized spacial score (nSPS) is 11.6. The van der Waals surface area contributed by atoms with Gasteiger partial charge in [-0.05, 0) is 48.1 Å². The van der Waals surface area contributed by atoms with Crippen molar-refractivity contribution in [1.82, 2.24) is 4.90 Å². The molecular weight excluding hydrogens is 530 g/mol. The Labute approximate surface area is 255 Å². The Kier molecular flexibility index (Phi) is 12.3. The van der Waals surface area contributed by atoms with Crippen LogP contribution in [0.4, 0.5) is 0 Å². The van der Waals surface area contributed by atoms with E-state index in [2.05, 4.69) is 13.5 Å². The summed E-state index contributed by atoms with van der Waals surface area (Å²) >= 11 is 0. The van der Waals surface area contributed by atoms with Crippen molar-refractivity contribution in [3.05, 3.63) is 156 Å². The maximum Gasteiger partial charge on any atom is 0.254 e. The Bertz CT molecular complexity index is 1530. The number of carbonyl (C=O) groups excluding carboxylic acids is 3. The third kappa shape index (κ3) is 8.70. The third-order valence-corrected chi connectivity index (χ3v) is 6.82. The Balaban J connectivity index is 0.000000238. The van der Waals surface area contributed by atoms with Crippen LogP contribution in [0.2, 0.25) is 0 Å². The molecule has 0 radical (unpaired) electrons. The Morgan fingerprint density at radius 1 is 0.581 bits per heavy atom. The van der Waals surface area contributed by atoms with Gasteiger partial charge in [0.15, 0.2) is 11.6 Å². The van der Waals surface area contributed by atoms with Gasteiger partial charge in [-0.3, -0.25) is 14.4 Å². The molecule has 0 fully saturated rings. The molecule has 1 amide bonds. The van der Waals surface area contributed by atoms with Gasteiger partial charge in [0.1, 0.15) is 0 Å². The monoisotopic (exact) mass is 569 g/mol. The molecule has 4 nitrogen and oxygen atoms in total. The minimum Gasteiger partial charge on any atom is -0.342 e. The highest BCUT2D eigenvalue weighted by atomic mass is 16.2. The Hall–Kier alpha value is -5.09. The molecule has 4 rings (SSSR count). The van der Waals surface area contributed by atoms with E-state index >= 15 is 0 Å². The van der Waals surface area contributed by atoms with Crippen LogP contribution in [0.3, 0.4) is 0 Å². The van der Waals surface area contributed by atoms with Crippen LogP contribution >= 0.6 is 0 Å².